The van der Waals surface area contributed by atoms with Gasteiger partial charge in [-0.15, -0.1) is 0 Å². The molecular weight excluding hydrogens is 339 g/mol. The topological polar surface area (TPSA) is 33.1 Å². The van der Waals surface area contributed by atoms with Crippen LogP contribution in [0, 0.1) is 6.92 Å². The summed E-state index contributed by atoms with van der Waals surface area (Å²) in [5.74, 6) is 0. The summed E-state index contributed by atoms with van der Waals surface area (Å²) in [6, 6.07) is 10.1. The maximum atomic E-state index is 13.5. The smallest absolute Gasteiger partial charge is 0.388 e. The van der Waals surface area contributed by atoms with E-state index in [4.69, 9.17) is 0 Å². The predicted octanol–water partition coefficient (Wildman–Crippen LogP) is 6.47. The van der Waals surface area contributed by atoms with Crippen molar-refractivity contribution in [2.24, 2.45) is 0 Å². The second-order valence-electron chi connectivity index (χ2n) is 6.72. The van der Waals surface area contributed by atoms with Crippen LogP contribution in [0.3, 0.4) is 0 Å². The standard InChI is InChI=1S/C21H26F3NO/c1-3-4-5-6-7-8-19(26)17-13-14-18(25-20(17)21(22,23)24)16-11-9-15(2)10-12-16/h9-14,19,26H,3-8H2,1-2H3. The number of benzene rings is 1. The lowest BCUT2D eigenvalue weighted by Crippen LogP contribution is -2.15. The van der Waals surface area contributed by atoms with E-state index in [-0.39, 0.29) is 11.3 Å². The van der Waals surface area contributed by atoms with Gasteiger partial charge in [0.1, 0.15) is 0 Å². The van der Waals surface area contributed by atoms with Crippen molar-refractivity contribution in [3.63, 3.8) is 0 Å². The minimum Gasteiger partial charge on any atom is -0.388 e. The summed E-state index contributed by atoms with van der Waals surface area (Å²) in [5.41, 5.74) is 0.790. The van der Waals surface area contributed by atoms with Crippen LogP contribution in [0.1, 0.15) is 68.4 Å². The molecule has 5 heteroatoms. The molecule has 0 aliphatic rings. The van der Waals surface area contributed by atoms with Gasteiger partial charge >= 0.3 is 6.18 Å². The fourth-order valence-electron chi connectivity index (χ4n) is 2.95. The first-order valence-electron chi connectivity index (χ1n) is 9.16. The molecule has 1 unspecified atom stereocenters. The average Bonchev–Trinajstić information content (AvgIpc) is 2.61. The van der Waals surface area contributed by atoms with E-state index in [1.54, 1.807) is 18.2 Å². The van der Waals surface area contributed by atoms with Gasteiger partial charge in [-0.25, -0.2) is 4.98 Å². The highest BCUT2D eigenvalue weighted by Crippen LogP contribution is 2.36. The van der Waals surface area contributed by atoms with Gasteiger partial charge in [-0.1, -0.05) is 74.9 Å². The van der Waals surface area contributed by atoms with Crippen LogP contribution >= 0.6 is 0 Å². The maximum absolute atomic E-state index is 13.5. The minimum absolute atomic E-state index is 0.135. The molecular formula is C21H26F3NO. The molecule has 26 heavy (non-hydrogen) atoms. The molecule has 1 N–H and O–H groups in total. The Hall–Kier alpha value is -1.88. The second-order valence-corrected chi connectivity index (χ2v) is 6.72. The van der Waals surface area contributed by atoms with E-state index in [9.17, 15) is 18.3 Å². The summed E-state index contributed by atoms with van der Waals surface area (Å²) in [5, 5.41) is 10.3. The Morgan fingerprint density at radius 3 is 2.23 bits per heavy atom. The van der Waals surface area contributed by atoms with E-state index in [0.29, 0.717) is 18.4 Å². The van der Waals surface area contributed by atoms with Crippen LogP contribution in [0.25, 0.3) is 11.3 Å². The van der Waals surface area contributed by atoms with Gasteiger partial charge in [0.15, 0.2) is 5.69 Å². The van der Waals surface area contributed by atoms with Gasteiger partial charge in [-0.2, -0.15) is 13.2 Å². The molecule has 1 aromatic heterocycles. The van der Waals surface area contributed by atoms with Gasteiger partial charge in [0.25, 0.3) is 0 Å². The van der Waals surface area contributed by atoms with Crippen molar-refractivity contribution in [1.29, 1.82) is 0 Å². The van der Waals surface area contributed by atoms with Gasteiger partial charge in [0.05, 0.1) is 11.8 Å². The van der Waals surface area contributed by atoms with E-state index in [2.05, 4.69) is 11.9 Å². The fraction of sp³-hybridized carbons (Fsp3) is 0.476. The number of aliphatic hydroxyl groups is 1. The highest BCUT2D eigenvalue weighted by molar-refractivity contribution is 5.60. The SMILES string of the molecule is CCCCCCCC(O)c1ccc(-c2ccc(C)cc2)nc1C(F)(F)F. The second kappa shape index (κ2) is 9.17. The molecule has 142 valence electrons. The van der Waals surface area contributed by atoms with Crippen LogP contribution in [0.2, 0.25) is 0 Å². The van der Waals surface area contributed by atoms with E-state index >= 15 is 0 Å². The van der Waals surface area contributed by atoms with Crippen molar-refractivity contribution in [2.45, 2.75) is 64.7 Å². The molecule has 0 fully saturated rings. The van der Waals surface area contributed by atoms with Crippen molar-refractivity contribution >= 4 is 0 Å². The summed E-state index contributed by atoms with van der Waals surface area (Å²) in [6.07, 6.45) is -0.550. The maximum Gasteiger partial charge on any atom is 0.433 e. The number of halogens is 3. The van der Waals surface area contributed by atoms with E-state index in [0.717, 1.165) is 31.2 Å². The molecule has 0 saturated heterocycles. The number of alkyl halides is 3. The zero-order valence-electron chi connectivity index (χ0n) is 15.3. The molecule has 0 spiro atoms. The van der Waals surface area contributed by atoms with E-state index < -0.39 is 18.0 Å². The fourth-order valence-corrected chi connectivity index (χ4v) is 2.95. The molecule has 0 aliphatic heterocycles. The van der Waals surface area contributed by atoms with Crippen molar-refractivity contribution in [3.8, 4) is 11.3 Å². The van der Waals surface area contributed by atoms with Crippen LogP contribution in [0.15, 0.2) is 36.4 Å². The monoisotopic (exact) mass is 365 g/mol. The number of aromatic nitrogens is 1. The lowest BCUT2D eigenvalue weighted by atomic mass is 9.99. The largest absolute Gasteiger partial charge is 0.433 e. The molecule has 2 nitrogen and oxygen atoms in total. The first-order valence-corrected chi connectivity index (χ1v) is 9.16. The number of hydrogen-bond acceptors (Lipinski definition) is 2. The van der Waals surface area contributed by atoms with Gasteiger partial charge in [0, 0.05) is 11.1 Å². The Kier molecular flexibility index (Phi) is 7.21. The highest BCUT2D eigenvalue weighted by atomic mass is 19.4. The molecule has 1 heterocycles. The summed E-state index contributed by atoms with van der Waals surface area (Å²) in [7, 11) is 0. The summed E-state index contributed by atoms with van der Waals surface area (Å²) < 4.78 is 40.5. The number of pyridine rings is 1. The molecule has 0 amide bonds. The predicted molar refractivity (Wildman–Crippen MR) is 97.7 cm³/mol. The number of hydrogen-bond donors (Lipinski definition) is 1. The summed E-state index contributed by atoms with van der Waals surface area (Å²) >= 11 is 0. The van der Waals surface area contributed by atoms with E-state index in [1.165, 1.54) is 6.07 Å². The van der Waals surface area contributed by atoms with Gasteiger partial charge in [-0.05, 0) is 19.4 Å². The zero-order chi connectivity index (χ0) is 19.2. The molecule has 1 aromatic carbocycles. The Bertz CT molecular complexity index is 695. The summed E-state index contributed by atoms with van der Waals surface area (Å²) in [4.78, 5) is 3.84. The van der Waals surface area contributed by atoms with Crippen LogP contribution in [-0.4, -0.2) is 10.1 Å². The third-order valence-corrected chi connectivity index (χ3v) is 4.48. The molecule has 0 aliphatic carbocycles. The van der Waals surface area contributed by atoms with E-state index in [1.807, 2.05) is 19.1 Å². The lowest BCUT2D eigenvalue weighted by molar-refractivity contribution is -0.142. The quantitative estimate of drug-likeness (QED) is 0.544. The first kappa shape index (κ1) is 20.4. The van der Waals surface area contributed by atoms with Gasteiger partial charge in [0.2, 0.25) is 0 Å². The Morgan fingerprint density at radius 1 is 0.962 bits per heavy atom. The minimum atomic E-state index is -4.60. The Morgan fingerprint density at radius 2 is 1.62 bits per heavy atom. The van der Waals surface area contributed by atoms with Crippen LogP contribution in [0.5, 0.6) is 0 Å². The number of aryl methyl sites for hydroxylation is 1. The van der Waals surface area contributed by atoms with Crippen LogP contribution in [-0.2, 0) is 6.18 Å². The molecule has 2 aromatic rings. The molecule has 0 bridgehead atoms. The van der Waals surface area contributed by atoms with Gasteiger partial charge in [-0.3, -0.25) is 0 Å². The van der Waals surface area contributed by atoms with Crippen LogP contribution < -0.4 is 0 Å². The normalized spacial score (nSPS) is 13.0. The number of aliphatic hydroxyl groups excluding tert-OH is 1. The zero-order valence-corrected chi connectivity index (χ0v) is 15.3. The average molecular weight is 365 g/mol. The number of nitrogens with zero attached hydrogens (tertiary/aromatic N) is 1. The molecule has 0 saturated carbocycles. The summed E-state index contributed by atoms with van der Waals surface area (Å²) in [6.45, 7) is 4.02. The Labute approximate surface area is 153 Å². The molecule has 1 atom stereocenters. The van der Waals surface area contributed by atoms with Gasteiger partial charge < -0.3 is 5.11 Å². The first-order chi connectivity index (χ1) is 12.3. The van der Waals surface area contributed by atoms with Crippen molar-refractivity contribution in [3.05, 3.63) is 53.2 Å². The third kappa shape index (κ3) is 5.56. The molecule has 2 rings (SSSR count). The molecule has 0 radical (unpaired) electrons. The Balaban J connectivity index is 2.22. The highest BCUT2D eigenvalue weighted by Gasteiger charge is 2.37. The van der Waals surface area contributed by atoms with Crippen molar-refractivity contribution < 1.29 is 18.3 Å². The number of unbranched alkanes of at least 4 members (excludes halogenated alkanes) is 4. The number of rotatable bonds is 8. The van der Waals surface area contributed by atoms with Crippen LogP contribution in [0.4, 0.5) is 13.2 Å². The van der Waals surface area contributed by atoms with Crippen molar-refractivity contribution in [1.82, 2.24) is 4.98 Å². The third-order valence-electron chi connectivity index (χ3n) is 4.48. The van der Waals surface area contributed by atoms with Crippen molar-refractivity contribution in [2.75, 3.05) is 0 Å². The lowest BCUT2D eigenvalue weighted by Gasteiger charge is -2.18.